The normalized spacial score (nSPS) is 14.7. The third-order valence-electron chi connectivity index (χ3n) is 4.62. The molecule has 7 heteroatoms. The molecule has 0 saturated carbocycles. The van der Waals surface area contributed by atoms with Crippen LogP contribution in [-0.2, 0) is 0 Å². The van der Waals surface area contributed by atoms with E-state index in [1.165, 1.54) is 5.56 Å². The van der Waals surface area contributed by atoms with Gasteiger partial charge in [-0.1, -0.05) is 29.0 Å². The van der Waals surface area contributed by atoms with Crippen molar-refractivity contribution in [1.29, 1.82) is 0 Å². The SMILES string of the molecule is Cc1ccc(NC(=O)N2CCN(c3nc4cccnc4s3)CC2)c(C)c1. The number of amides is 2. The summed E-state index contributed by atoms with van der Waals surface area (Å²) < 4.78 is 0. The van der Waals surface area contributed by atoms with Gasteiger partial charge in [0.1, 0.15) is 10.3 Å². The van der Waals surface area contributed by atoms with Crippen LogP contribution in [-0.4, -0.2) is 47.1 Å². The quantitative estimate of drug-likeness (QED) is 0.751. The average Bonchev–Trinajstić information content (AvgIpc) is 3.08. The zero-order chi connectivity index (χ0) is 18.1. The Morgan fingerprint density at radius 1 is 1.15 bits per heavy atom. The van der Waals surface area contributed by atoms with Gasteiger partial charge in [-0.05, 0) is 37.6 Å². The van der Waals surface area contributed by atoms with Gasteiger partial charge in [-0.15, -0.1) is 0 Å². The molecule has 1 aliphatic heterocycles. The van der Waals surface area contributed by atoms with E-state index in [0.29, 0.717) is 13.1 Å². The number of carbonyl (C=O) groups excluding carboxylic acids is 1. The Bertz CT molecular complexity index is 913. The molecule has 1 fully saturated rings. The lowest BCUT2D eigenvalue weighted by molar-refractivity contribution is 0.208. The molecule has 26 heavy (non-hydrogen) atoms. The smallest absolute Gasteiger partial charge is 0.321 e. The topological polar surface area (TPSA) is 61.4 Å². The molecule has 6 nitrogen and oxygen atoms in total. The lowest BCUT2D eigenvalue weighted by atomic mass is 10.1. The summed E-state index contributed by atoms with van der Waals surface area (Å²) in [5.74, 6) is 0. The first-order valence-electron chi connectivity index (χ1n) is 8.70. The number of hydrogen-bond acceptors (Lipinski definition) is 5. The second-order valence-electron chi connectivity index (χ2n) is 6.55. The molecule has 0 bridgehead atoms. The van der Waals surface area contributed by atoms with Gasteiger partial charge in [0, 0.05) is 38.1 Å². The summed E-state index contributed by atoms with van der Waals surface area (Å²) in [5.41, 5.74) is 4.08. The first-order chi connectivity index (χ1) is 12.6. The number of nitrogens with zero attached hydrogens (tertiary/aromatic N) is 4. The molecule has 3 aromatic rings. The Balaban J connectivity index is 1.39. The summed E-state index contributed by atoms with van der Waals surface area (Å²) in [6, 6.07) is 9.91. The number of piperazine rings is 1. The molecular weight excluding hydrogens is 346 g/mol. The summed E-state index contributed by atoms with van der Waals surface area (Å²) in [5, 5.41) is 4.01. The third-order valence-corrected chi connectivity index (χ3v) is 5.66. The van der Waals surface area contributed by atoms with E-state index < -0.39 is 0 Å². The molecule has 1 saturated heterocycles. The number of fused-ring (bicyclic) bond motifs is 1. The minimum atomic E-state index is -0.0393. The first-order valence-corrected chi connectivity index (χ1v) is 9.51. The number of anilines is 2. The van der Waals surface area contributed by atoms with E-state index in [1.807, 2.05) is 36.1 Å². The fourth-order valence-corrected chi connectivity index (χ4v) is 4.10. The van der Waals surface area contributed by atoms with Crippen LogP contribution in [0.2, 0.25) is 0 Å². The molecule has 1 aliphatic rings. The zero-order valence-corrected chi connectivity index (χ0v) is 15.7. The van der Waals surface area contributed by atoms with Crippen molar-refractivity contribution in [2.45, 2.75) is 13.8 Å². The maximum Gasteiger partial charge on any atom is 0.321 e. The molecule has 1 N–H and O–H groups in total. The highest BCUT2D eigenvalue weighted by atomic mass is 32.1. The van der Waals surface area contributed by atoms with Crippen molar-refractivity contribution in [3.8, 4) is 0 Å². The predicted molar refractivity (Wildman–Crippen MR) is 106 cm³/mol. The Hall–Kier alpha value is -2.67. The van der Waals surface area contributed by atoms with Crippen LogP contribution in [0.1, 0.15) is 11.1 Å². The fraction of sp³-hybridized carbons (Fsp3) is 0.316. The van der Waals surface area contributed by atoms with Crippen molar-refractivity contribution in [2.75, 3.05) is 36.4 Å². The van der Waals surface area contributed by atoms with Gasteiger partial charge in [0.05, 0.1) is 0 Å². The van der Waals surface area contributed by atoms with Gasteiger partial charge in [-0.3, -0.25) is 0 Å². The fourth-order valence-electron chi connectivity index (χ4n) is 3.14. The number of nitrogens with one attached hydrogen (secondary N) is 1. The lowest BCUT2D eigenvalue weighted by Gasteiger charge is -2.34. The highest BCUT2D eigenvalue weighted by Crippen LogP contribution is 2.27. The summed E-state index contributed by atoms with van der Waals surface area (Å²) in [7, 11) is 0. The molecule has 2 amide bonds. The van der Waals surface area contributed by atoms with Gasteiger partial charge in [0.2, 0.25) is 0 Å². The van der Waals surface area contributed by atoms with Gasteiger partial charge >= 0.3 is 6.03 Å². The monoisotopic (exact) mass is 367 g/mol. The van der Waals surface area contributed by atoms with Gasteiger partial charge in [0.25, 0.3) is 0 Å². The average molecular weight is 367 g/mol. The Kier molecular flexibility index (Phi) is 4.46. The van der Waals surface area contributed by atoms with Gasteiger partial charge in [-0.25, -0.2) is 14.8 Å². The largest absolute Gasteiger partial charge is 0.344 e. The molecule has 2 aromatic heterocycles. The van der Waals surface area contributed by atoms with E-state index in [2.05, 4.69) is 33.2 Å². The maximum atomic E-state index is 12.6. The van der Waals surface area contributed by atoms with Crippen LogP contribution >= 0.6 is 11.3 Å². The van der Waals surface area contributed by atoms with E-state index in [-0.39, 0.29) is 6.03 Å². The molecule has 0 radical (unpaired) electrons. The van der Waals surface area contributed by atoms with Crippen molar-refractivity contribution in [3.63, 3.8) is 0 Å². The second kappa shape index (κ2) is 6.92. The highest BCUT2D eigenvalue weighted by molar-refractivity contribution is 7.21. The van der Waals surface area contributed by atoms with E-state index in [0.717, 1.165) is 39.8 Å². The van der Waals surface area contributed by atoms with E-state index >= 15 is 0 Å². The summed E-state index contributed by atoms with van der Waals surface area (Å²) in [6.07, 6.45) is 1.79. The van der Waals surface area contributed by atoms with Crippen LogP contribution in [0.15, 0.2) is 36.5 Å². The first kappa shape index (κ1) is 16.8. The number of rotatable bonds is 2. The number of carbonyl (C=O) groups is 1. The standard InChI is InChI=1S/C19H21N5OS/c1-13-5-6-15(14(2)12-13)21-18(25)23-8-10-24(11-9-23)19-22-16-4-3-7-20-17(16)26-19/h3-7,12H,8-11H2,1-2H3,(H,21,25). The van der Waals surface area contributed by atoms with E-state index in [1.54, 1.807) is 17.5 Å². The van der Waals surface area contributed by atoms with Crippen LogP contribution in [0.4, 0.5) is 15.6 Å². The number of aryl methyl sites for hydroxylation is 2. The Morgan fingerprint density at radius 3 is 2.69 bits per heavy atom. The number of pyridine rings is 1. The molecular formula is C19H21N5OS. The third kappa shape index (κ3) is 3.35. The molecule has 4 rings (SSSR count). The zero-order valence-electron chi connectivity index (χ0n) is 14.9. The van der Waals surface area contributed by atoms with Crippen LogP contribution in [0.25, 0.3) is 10.3 Å². The Labute approximate surface area is 156 Å². The molecule has 0 aliphatic carbocycles. The highest BCUT2D eigenvalue weighted by Gasteiger charge is 2.23. The Morgan fingerprint density at radius 2 is 1.96 bits per heavy atom. The van der Waals surface area contributed by atoms with Gasteiger partial charge < -0.3 is 15.1 Å². The van der Waals surface area contributed by atoms with Crippen LogP contribution in [0.5, 0.6) is 0 Å². The van der Waals surface area contributed by atoms with E-state index in [9.17, 15) is 4.79 Å². The van der Waals surface area contributed by atoms with Crippen molar-refractivity contribution < 1.29 is 4.79 Å². The molecule has 0 atom stereocenters. The number of benzene rings is 1. The van der Waals surface area contributed by atoms with Crippen molar-refractivity contribution in [2.24, 2.45) is 0 Å². The summed E-state index contributed by atoms with van der Waals surface area (Å²) >= 11 is 1.60. The van der Waals surface area contributed by atoms with Gasteiger partial charge in [0.15, 0.2) is 5.13 Å². The molecule has 1 aromatic carbocycles. The van der Waals surface area contributed by atoms with E-state index in [4.69, 9.17) is 0 Å². The maximum absolute atomic E-state index is 12.6. The number of aromatic nitrogens is 2. The number of urea groups is 1. The molecule has 0 spiro atoms. The molecule has 0 unspecified atom stereocenters. The van der Waals surface area contributed by atoms with Crippen LogP contribution in [0.3, 0.4) is 0 Å². The second-order valence-corrected chi connectivity index (χ2v) is 7.50. The minimum absolute atomic E-state index is 0.0393. The molecule has 134 valence electrons. The van der Waals surface area contributed by atoms with Crippen LogP contribution in [0, 0.1) is 13.8 Å². The lowest BCUT2D eigenvalue weighted by Crippen LogP contribution is -2.50. The van der Waals surface area contributed by atoms with Gasteiger partial charge in [-0.2, -0.15) is 0 Å². The summed E-state index contributed by atoms with van der Waals surface area (Å²) in [4.78, 5) is 26.6. The van der Waals surface area contributed by atoms with Crippen molar-refractivity contribution >= 4 is 38.5 Å². The predicted octanol–water partition coefficient (Wildman–Crippen LogP) is 3.66. The number of thiazole rings is 1. The minimum Gasteiger partial charge on any atom is -0.344 e. The summed E-state index contributed by atoms with van der Waals surface area (Å²) in [6.45, 7) is 6.98. The van der Waals surface area contributed by atoms with Crippen molar-refractivity contribution in [3.05, 3.63) is 47.7 Å². The number of hydrogen-bond donors (Lipinski definition) is 1. The van der Waals surface area contributed by atoms with Crippen molar-refractivity contribution in [1.82, 2.24) is 14.9 Å². The van der Waals surface area contributed by atoms with Crippen LogP contribution < -0.4 is 10.2 Å². The molecule has 3 heterocycles.